The third-order valence-electron chi connectivity index (χ3n) is 2.67. The molecule has 0 unspecified atom stereocenters. The lowest BCUT2D eigenvalue weighted by molar-refractivity contribution is 0.268. The average Bonchev–Trinajstić information content (AvgIpc) is 2.21. The van der Waals surface area contributed by atoms with Crippen molar-refractivity contribution in [2.24, 2.45) is 0 Å². The van der Waals surface area contributed by atoms with Crippen LogP contribution in [0.15, 0.2) is 0 Å². The summed E-state index contributed by atoms with van der Waals surface area (Å²) in [5.41, 5.74) is 0. The second-order valence-corrected chi connectivity index (χ2v) is 4.34. The molecular formula is C13H26N2. The standard InChI is InChI=1S/C13H26N2/c1-5-6-7-10-14-11-8-9-12-15(4)13(2)3/h1,13-14H,6-12H2,2-4H3. The molecule has 0 spiro atoms. The minimum atomic E-state index is 0.661. The molecule has 88 valence electrons. The van der Waals surface area contributed by atoms with Crippen LogP contribution in [0.2, 0.25) is 0 Å². The fourth-order valence-electron chi connectivity index (χ4n) is 1.31. The van der Waals surface area contributed by atoms with Crippen molar-refractivity contribution >= 4 is 0 Å². The number of hydrogen-bond donors (Lipinski definition) is 1. The van der Waals surface area contributed by atoms with Gasteiger partial charge in [0, 0.05) is 12.5 Å². The van der Waals surface area contributed by atoms with Crippen LogP contribution in [0.1, 0.15) is 39.5 Å². The number of nitrogens with one attached hydrogen (secondary N) is 1. The lowest BCUT2D eigenvalue weighted by Gasteiger charge is -2.20. The number of nitrogens with zero attached hydrogens (tertiary/aromatic N) is 1. The molecule has 0 aliphatic carbocycles. The highest BCUT2D eigenvalue weighted by atomic mass is 15.1. The van der Waals surface area contributed by atoms with Gasteiger partial charge in [0.05, 0.1) is 0 Å². The lowest BCUT2D eigenvalue weighted by Crippen LogP contribution is -2.28. The molecule has 0 saturated carbocycles. The Labute approximate surface area is 95.4 Å². The van der Waals surface area contributed by atoms with Crippen molar-refractivity contribution < 1.29 is 0 Å². The van der Waals surface area contributed by atoms with Gasteiger partial charge in [0.2, 0.25) is 0 Å². The molecule has 0 radical (unpaired) electrons. The van der Waals surface area contributed by atoms with E-state index in [1.807, 2.05) is 0 Å². The van der Waals surface area contributed by atoms with Gasteiger partial charge in [0.15, 0.2) is 0 Å². The van der Waals surface area contributed by atoms with Gasteiger partial charge in [-0.15, -0.1) is 12.3 Å². The van der Waals surface area contributed by atoms with Crippen LogP contribution in [0.5, 0.6) is 0 Å². The summed E-state index contributed by atoms with van der Waals surface area (Å²) < 4.78 is 0. The molecular weight excluding hydrogens is 184 g/mol. The van der Waals surface area contributed by atoms with Gasteiger partial charge < -0.3 is 10.2 Å². The zero-order valence-corrected chi connectivity index (χ0v) is 10.6. The van der Waals surface area contributed by atoms with E-state index in [0.29, 0.717) is 6.04 Å². The first-order valence-electron chi connectivity index (χ1n) is 6.03. The Hall–Kier alpha value is -0.520. The first kappa shape index (κ1) is 14.5. The number of hydrogen-bond acceptors (Lipinski definition) is 2. The van der Waals surface area contributed by atoms with Crippen LogP contribution in [0.25, 0.3) is 0 Å². The highest BCUT2D eigenvalue weighted by molar-refractivity contribution is 4.83. The minimum absolute atomic E-state index is 0.661. The largest absolute Gasteiger partial charge is 0.317 e. The maximum absolute atomic E-state index is 5.17. The maximum atomic E-state index is 5.17. The van der Waals surface area contributed by atoms with Crippen LogP contribution in [-0.2, 0) is 0 Å². The highest BCUT2D eigenvalue weighted by Gasteiger charge is 2.01. The van der Waals surface area contributed by atoms with E-state index in [4.69, 9.17) is 6.42 Å². The minimum Gasteiger partial charge on any atom is -0.317 e. The zero-order chi connectivity index (χ0) is 11.5. The molecule has 1 N–H and O–H groups in total. The summed E-state index contributed by atoms with van der Waals surface area (Å²) in [6.45, 7) is 7.85. The molecule has 0 amide bonds. The third kappa shape index (κ3) is 9.78. The summed E-state index contributed by atoms with van der Waals surface area (Å²) >= 11 is 0. The van der Waals surface area contributed by atoms with Crippen LogP contribution >= 0.6 is 0 Å². The first-order valence-corrected chi connectivity index (χ1v) is 6.03. The van der Waals surface area contributed by atoms with Gasteiger partial charge in [-0.3, -0.25) is 0 Å². The molecule has 0 rings (SSSR count). The SMILES string of the molecule is C#CCCCNCCCCN(C)C(C)C. The van der Waals surface area contributed by atoms with Crippen LogP contribution in [0.3, 0.4) is 0 Å². The second kappa shape index (κ2) is 10.0. The summed E-state index contributed by atoms with van der Waals surface area (Å²) in [6.07, 6.45) is 9.69. The monoisotopic (exact) mass is 210 g/mol. The van der Waals surface area contributed by atoms with E-state index < -0.39 is 0 Å². The van der Waals surface area contributed by atoms with E-state index in [-0.39, 0.29) is 0 Å². The van der Waals surface area contributed by atoms with Gasteiger partial charge in [-0.25, -0.2) is 0 Å². The van der Waals surface area contributed by atoms with Gasteiger partial charge in [-0.05, 0) is 59.8 Å². The van der Waals surface area contributed by atoms with Gasteiger partial charge in [-0.1, -0.05) is 0 Å². The molecule has 0 aliphatic heterocycles. The summed E-state index contributed by atoms with van der Waals surface area (Å²) in [4.78, 5) is 2.39. The Morgan fingerprint density at radius 1 is 1.20 bits per heavy atom. The van der Waals surface area contributed by atoms with Crippen molar-refractivity contribution in [3.63, 3.8) is 0 Å². The predicted octanol–water partition coefficient (Wildman–Crippen LogP) is 2.11. The fourth-order valence-corrected chi connectivity index (χ4v) is 1.31. The van der Waals surface area contributed by atoms with E-state index >= 15 is 0 Å². The zero-order valence-electron chi connectivity index (χ0n) is 10.6. The Morgan fingerprint density at radius 2 is 1.87 bits per heavy atom. The molecule has 0 fully saturated rings. The van der Waals surface area contributed by atoms with Crippen molar-refractivity contribution in [2.45, 2.75) is 45.6 Å². The molecule has 15 heavy (non-hydrogen) atoms. The quantitative estimate of drug-likeness (QED) is 0.463. The first-order chi connectivity index (χ1) is 7.18. The van der Waals surface area contributed by atoms with E-state index in [0.717, 1.165) is 25.9 Å². The summed E-state index contributed by atoms with van der Waals surface area (Å²) in [7, 11) is 2.19. The van der Waals surface area contributed by atoms with Crippen LogP contribution < -0.4 is 5.32 Å². The molecule has 0 heterocycles. The van der Waals surface area contributed by atoms with Crippen LogP contribution in [-0.4, -0.2) is 37.6 Å². The number of unbranched alkanes of at least 4 members (excludes halogenated alkanes) is 2. The molecule has 0 atom stereocenters. The normalized spacial score (nSPS) is 10.9. The topological polar surface area (TPSA) is 15.3 Å². The molecule has 0 saturated heterocycles. The Kier molecular flexibility index (Phi) is 9.67. The molecule has 0 aromatic rings. The molecule has 0 aromatic heterocycles. The van der Waals surface area contributed by atoms with Crippen molar-refractivity contribution in [2.75, 3.05) is 26.7 Å². The van der Waals surface area contributed by atoms with Gasteiger partial charge in [0.1, 0.15) is 0 Å². The van der Waals surface area contributed by atoms with E-state index in [9.17, 15) is 0 Å². The van der Waals surface area contributed by atoms with E-state index in [1.165, 1.54) is 19.4 Å². The van der Waals surface area contributed by atoms with E-state index in [1.54, 1.807) is 0 Å². The second-order valence-electron chi connectivity index (χ2n) is 4.34. The van der Waals surface area contributed by atoms with Gasteiger partial charge in [0.25, 0.3) is 0 Å². The maximum Gasteiger partial charge on any atom is 0.00981 e. The van der Waals surface area contributed by atoms with Crippen molar-refractivity contribution in [3.05, 3.63) is 0 Å². The summed E-state index contributed by atoms with van der Waals surface area (Å²) in [6, 6.07) is 0.661. The molecule has 2 heteroatoms. The average molecular weight is 210 g/mol. The molecule has 0 aromatic carbocycles. The molecule has 0 bridgehead atoms. The predicted molar refractivity (Wildman–Crippen MR) is 67.9 cm³/mol. The lowest BCUT2D eigenvalue weighted by atomic mass is 10.2. The van der Waals surface area contributed by atoms with E-state index in [2.05, 4.69) is 37.0 Å². The molecule has 0 aliphatic rings. The number of terminal acetylenes is 1. The van der Waals surface area contributed by atoms with Gasteiger partial charge in [-0.2, -0.15) is 0 Å². The highest BCUT2D eigenvalue weighted by Crippen LogP contribution is 1.97. The fraction of sp³-hybridized carbons (Fsp3) is 0.846. The Balaban J connectivity index is 3.09. The Morgan fingerprint density at radius 3 is 2.47 bits per heavy atom. The smallest absolute Gasteiger partial charge is 0.00981 e. The third-order valence-corrected chi connectivity index (χ3v) is 2.67. The van der Waals surface area contributed by atoms with Gasteiger partial charge >= 0.3 is 0 Å². The summed E-state index contributed by atoms with van der Waals surface area (Å²) in [5, 5.41) is 3.41. The molecule has 2 nitrogen and oxygen atoms in total. The van der Waals surface area contributed by atoms with Crippen LogP contribution in [0.4, 0.5) is 0 Å². The van der Waals surface area contributed by atoms with Crippen molar-refractivity contribution in [1.82, 2.24) is 10.2 Å². The number of rotatable bonds is 9. The van der Waals surface area contributed by atoms with Crippen molar-refractivity contribution in [1.29, 1.82) is 0 Å². The van der Waals surface area contributed by atoms with Crippen LogP contribution in [0, 0.1) is 12.3 Å². The van der Waals surface area contributed by atoms with Crippen molar-refractivity contribution in [3.8, 4) is 12.3 Å². The Bertz CT molecular complexity index is 170. The summed E-state index contributed by atoms with van der Waals surface area (Å²) in [5.74, 6) is 2.65.